The lowest BCUT2D eigenvalue weighted by Gasteiger charge is -2.18. The number of aromatic nitrogens is 4. The SMILES string of the molecule is [2H]C(C)(C)c1cccc(C([2H])(C)C)c1-n1c(-c2c(C)ccc3c2nc2n3C=CC2)[n+](C)c2ccccc21. The maximum atomic E-state index is 9.09. The highest BCUT2D eigenvalue weighted by atomic mass is 15.2. The number of aryl methyl sites for hydroxylation is 2. The molecule has 0 saturated heterocycles. The molecule has 6 rings (SSSR count). The highest BCUT2D eigenvalue weighted by molar-refractivity contribution is 5.95. The Labute approximate surface area is 210 Å². The first-order valence-corrected chi connectivity index (χ1v) is 12.3. The Kier molecular flexibility index (Phi) is 4.45. The largest absolute Gasteiger partial charge is 0.303 e. The molecule has 176 valence electrons. The van der Waals surface area contributed by atoms with Gasteiger partial charge in [-0.3, -0.25) is 0 Å². The van der Waals surface area contributed by atoms with Gasteiger partial charge in [-0.25, -0.2) is 9.55 Å². The van der Waals surface area contributed by atoms with Gasteiger partial charge in [-0.2, -0.15) is 4.57 Å². The number of para-hydroxylation sites is 3. The van der Waals surface area contributed by atoms with E-state index in [4.69, 9.17) is 7.73 Å². The van der Waals surface area contributed by atoms with Crippen molar-refractivity contribution in [3.05, 3.63) is 83.2 Å². The number of hydrogen-bond acceptors (Lipinski definition) is 1. The van der Waals surface area contributed by atoms with E-state index in [1.165, 1.54) is 0 Å². The van der Waals surface area contributed by atoms with Crippen LogP contribution in [0.5, 0.6) is 0 Å². The Bertz CT molecular complexity index is 1710. The molecule has 2 aromatic heterocycles. The van der Waals surface area contributed by atoms with E-state index in [9.17, 15) is 0 Å². The van der Waals surface area contributed by atoms with Crippen LogP contribution in [0, 0.1) is 6.92 Å². The molecule has 1 aliphatic heterocycles. The summed E-state index contributed by atoms with van der Waals surface area (Å²) < 4.78 is 24.9. The van der Waals surface area contributed by atoms with E-state index in [1.54, 1.807) is 0 Å². The fourth-order valence-electron chi connectivity index (χ4n) is 5.58. The maximum absolute atomic E-state index is 9.09. The molecule has 0 N–H and O–H groups in total. The average molecular weight is 464 g/mol. The molecule has 35 heavy (non-hydrogen) atoms. The third kappa shape index (κ3) is 3.12. The molecule has 0 fully saturated rings. The molecule has 0 aliphatic carbocycles. The van der Waals surface area contributed by atoms with Crippen molar-refractivity contribution < 1.29 is 7.31 Å². The topological polar surface area (TPSA) is 26.6 Å². The Balaban J connectivity index is 1.84. The first-order valence-electron chi connectivity index (χ1n) is 13.3. The minimum Gasteiger partial charge on any atom is -0.303 e. The van der Waals surface area contributed by atoms with E-state index in [1.807, 2.05) is 45.9 Å². The molecule has 0 saturated carbocycles. The Hall–Kier alpha value is -3.66. The monoisotopic (exact) mass is 463 g/mol. The lowest BCUT2D eigenvalue weighted by atomic mass is 9.92. The molecule has 4 heteroatoms. The fraction of sp³-hybridized carbons (Fsp3) is 0.290. The molecule has 1 aliphatic rings. The van der Waals surface area contributed by atoms with Gasteiger partial charge in [-0.05, 0) is 42.5 Å². The highest BCUT2D eigenvalue weighted by Crippen LogP contribution is 2.39. The van der Waals surface area contributed by atoms with Crippen LogP contribution >= 0.6 is 0 Å². The smallest absolute Gasteiger partial charge is 0.297 e. The van der Waals surface area contributed by atoms with Gasteiger partial charge in [0.1, 0.15) is 17.0 Å². The second-order valence-corrected chi connectivity index (χ2v) is 10.0. The summed E-state index contributed by atoms with van der Waals surface area (Å²) in [5, 5.41) is 0. The van der Waals surface area contributed by atoms with Gasteiger partial charge in [0, 0.05) is 26.5 Å². The summed E-state index contributed by atoms with van der Waals surface area (Å²) in [7, 11) is 2.11. The summed E-state index contributed by atoms with van der Waals surface area (Å²) in [6.07, 6.45) is 5.08. The summed E-state index contributed by atoms with van der Waals surface area (Å²) in [5.74, 6) is 0.332. The van der Waals surface area contributed by atoms with Crippen LogP contribution in [0.4, 0.5) is 0 Å². The maximum Gasteiger partial charge on any atom is 0.297 e. The summed E-state index contributed by atoms with van der Waals surface area (Å²) >= 11 is 0. The third-order valence-electron chi connectivity index (χ3n) is 7.27. The molecule has 5 aromatic rings. The second-order valence-electron chi connectivity index (χ2n) is 10.0. The van der Waals surface area contributed by atoms with Crippen molar-refractivity contribution in [3.63, 3.8) is 0 Å². The molecule has 3 heterocycles. The third-order valence-corrected chi connectivity index (χ3v) is 7.27. The zero-order valence-corrected chi connectivity index (χ0v) is 21.3. The predicted octanol–water partition coefficient (Wildman–Crippen LogP) is 7.05. The lowest BCUT2D eigenvalue weighted by molar-refractivity contribution is -0.633. The van der Waals surface area contributed by atoms with Crippen LogP contribution in [-0.4, -0.2) is 14.1 Å². The van der Waals surface area contributed by atoms with E-state index in [-0.39, 0.29) is 0 Å². The molecule has 3 aromatic carbocycles. The van der Waals surface area contributed by atoms with Crippen molar-refractivity contribution in [2.75, 3.05) is 0 Å². The number of nitrogens with zero attached hydrogens (tertiary/aromatic N) is 4. The number of fused-ring (bicyclic) bond motifs is 4. The van der Waals surface area contributed by atoms with Crippen molar-refractivity contribution in [1.29, 1.82) is 0 Å². The van der Waals surface area contributed by atoms with Gasteiger partial charge in [0.2, 0.25) is 0 Å². The quantitative estimate of drug-likeness (QED) is 0.262. The van der Waals surface area contributed by atoms with Crippen LogP contribution in [0.3, 0.4) is 0 Å². The number of hydrogen-bond donors (Lipinski definition) is 0. The van der Waals surface area contributed by atoms with Crippen LogP contribution in [0.2, 0.25) is 0 Å². The zero-order chi connectivity index (χ0) is 26.3. The number of rotatable bonds is 4. The van der Waals surface area contributed by atoms with Gasteiger partial charge < -0.3 is 4.57 Å². The van der Waals surface area contributed by atoms with E-state index in [2.05, 4.69) is 76.3 Å². The number of imidazole rings is 2. The Morgan fingerprint density at radius 3 is 2.34 bits per heavy atom. The van der Waals surface area contributed by atoms with E-state index >= 15 is 0 Å². The average Bonchev–Trinajstić information content (AvgIpc) is 3.50. The minimum atomic E-state index is -0.862. The lowest BCUT2D eigenvalue weighted by Crippen LogP contribution is -2.30. The van der Waals surface area contributed by atoms with Gasteiger partial charge >= 0.3 is 0 Å². The summed E-state index contributed by atoms with van der Waals surface area (Å²) in [6.45, 7) is 9.85. The van der Waals surface area contributed by atoms with Crippen LogP contribution in [0.15, 0.2) is 60.7 Å². The molecular formula is C31H33N4+. The highest BCUT2D eigenvalue weighted by Gasteiger charge is 2.33. The van der Waals surface area contributed by atoms with Crippen LogP contribution < -0.4 is 4.57 Å². The summed E-state index contributed by atoms with van der Waals surface area (Å²) in [4.78, 5) is 5.12. The van der Waals surface area contributed by atoms with Crippen molar-refractivity contribution in [2.24, 2.45) is 7.05 Å². The molecule has 4 nitrogen and oxygen atoms in total. The van der Waals surface area contributed by atoms with Crippen molar-refractivity contribution in [1.82, 2.24) is 14.1 Å². The zero-order valence-electron chi connectivity index (χ0n) is 23.3. The van der Waals surface area contributed by atoms with Gasteiger partial charge in [0.15, 0.2) is 11.0 Å². The molecule has 0 unspecified atom stereocenters. The van der Waals surface area contributed by atoms with Crippen molar-refractivity contribution in [2.45, 2.75) is 52.8 Å². The minimum absolute atomic E-state index is 0.829. The Morgan fingerprint density at radius 2 is 1.63 bits per heavy atom. The van der Waals surface area contributed by atoms with Crippen molar-refractivity contribution >= 4 is 28.3 Å². The molecule has 0 bridgehead atoms. The second kappa shape index (κ2) is 7.94. The number of benzene rings is 3. The van der Waals surface area contributed by atoms with Crippen LogP contribution in [-0.2, 0) is 13.5 Å². The molecule has 0 spiro atoms. The Morgan fingerprint density at radius 1 is 0.914 bits per heavy atom. The van der Waals surface area contributed by atoms with Crippen molar-refractivity contribution in [3.8, 4) is 17.1 Å². The van der Waals surface area contributed by atoms with Gasteiger partial charge in [0.05, 0.1) is 18.1 Å². The fourth-order valence-corrected chi connectivity index (χ4v) is 5.58. The van der Waals surface area contributed by atoms with Crippen LogP contribution in [0.1, 0.15) is 64.7 Å². The van der Waals surface area contributed by atoms with Gasteiger partial charge in [0.25, 0.3) is 5.82 Å². The van der Waals surface area contributed by atoms with E-state index in [0.29, 0.717) is 0 Å². The summed E-state index contributed by atoms with van der Waals surface area (Å²) in [5.41, 5.74) is 9.14. The molecular weight excluding hydrogens is 428 g/mol. The predicted molar refractivity (Wildman–Crippen MR) is 145 cm³/mol. The van der Waals surface area contributed by atoms with E-state index < -0.39 is 11.8 Å². The van der Waals surface area contributed by atoms with Gasteiger partial charge in [-0.15, -0.1) is 0 Å². The first kappa shape index (κ1) is 19.6. The molecule has 0 radical (unpaired) electrons. The molecule has 0 amide bonds. The number of allylic oxidation sites excluding steroid dienone is 1. The molecule has 0 atom stereocenters. The first-order chi connectivity index (χ1) is 17.5. The van der Waals surface area contributed by atoms with Crippen LogP contribution in [0.25, 0.3) is 45.3 Å². The normalized spacial score (nSPS) is 14.6. The van der Waals surface area contributed by atoms with Gasteiger partial charge in [-0.1, -0.05) is 70.2 Å². The summed E-state index contributed by atoms with van der Waals surface area (Å²) in [6, 6.07) is 18.8. The standard InChI is InChI=1S/C31H33N4/c1-19(2)22-11-9-12-23(20(3)4)30(22)35-25-14-8-7-13-24(25)33(6)31(35)28-21(5)16-17-26-29(28)32-27-15-10-18-34(26)27/h7-14,16-20H,15H2,1-6H3/q+1/i19D,20D. The van der Waals surface area contributed by atoms with E-state index in [0.717, 1.165) is 68.1 Å².